The van der Waals surface area contributed by atoms with E-state index in [-0.39, 0.29) is 0 Å². The van der Waals surface area contributed by atoms with Crippen LogP contribution in [0, 0.1) is 5.95 Å². The highest BCUT2D eigenvalue weighted by atomic mass is 32.1. The molecule has 1 saturated heterocycles. The molecular formula is C19H21FN4OS. The number of ether oxygens (including phenoxy) is 1. The maximum atomic E-state index is 13.2. The third kappa shape index (κ3) is 4.11. The molecule has 0 spiro atoms. The molecule has 0 amide bonds. The summed E-state index contributed by atoms with van der Waals surface area (Å²) in [6.45, 7) is 5.32. The van der Waals surface area contributed by atoms with Crippen LogP contribution in [0.1, 0.15) is 6.42 Å². The Morgan fingerprint density at radius 1 is 1.00 bits per heavy atom. The number of hydrogen-bond donors (Lipinski definition) is 0. The maximum Gasteiger partial charge on any atom is 0.274 e. The van der Waals surface area contributed by atoms with E-state index in [4.69, 9.17) is 4.74 Å². The first-order valence-electron chi connectivity index (χ1n) is 8.86. The normalized spacial score (nSPS) is 15.5. The molecule has 136 valence electrons. The van der Waals surface area contributed by atoms with Crippen LogP contribution in [0.25, 0.3) is 10.2 Å². The molecule has 1 aromatic carbocycles. The molecule has 1 fully saturated rings. The third-order valence-electron chi connectivity index (χ3n) is 4.52. The number of nitrogens with zero attached hydrogens (tertiary/aromatic N) is 4. The summed E-state index contributed by atoms with van der Waals surface area (Å²) in [4.78, 5) is 13.0. The second kappa shape index (κ2) is 7.97. The van der Waals surface area contributed by atoms with Crippen LogP contribution in [-0.2, 0) is 0 Å². The first-order chi connectivity index (χ1) is 12.8. The fourth-order valence-corrected chi connectivity index (χ4v) is 3.97. The number of rotatable bonds is 6. The Bertz CT molecular complexity index is 830. The van der Waals surface area contributed by atoms with Crippen LogP contribution in [0.3, 0.4) is 0 Å². The quantitative estimate of drug-likeness (QED) is 0.490. The summed E-state index contributed by atoms with van der Waals surface area (Å²) in [7, 11) is 0. The smallest absolute Gasteiger partial charge is 0.274 e. The van der Waals surface area contributed by atoms with Gasteiger partial charge in [-0.1, -0.05) is 29.5 Å². The van der Waals surface area contributed by atoms with Crippen LogP contribution in [0.2, 0.25) is 0 Å². The van der Waals surface area contributed by atoms with E-state index in [0.29, 0.717) is 6.61 Å². The van der Waals surface area contributed by atoms with Crippen molar-refractivity contribution >= 4 is 27.4 Å². The van der Waals surface area contributed by atoms with Crippen LogP contribution < -0.4 is 9.64 Å². The number of piperazine rings is 1. The lowest BCUT2D eigenvalue weighted by molar-refractivity contribution is 0.224. The van der Waals surface area contributed by atoms with Crippen LogP contribution >= 0.6 is 11.3 Å². The molecule has 3 heterocycles. The van der Waals surface area contributed by atoms with Gasteiger partial charge in [-0.3, -0.25) is 4.90 Å². The first kappa shape index (κ1) is 17.2. The van der Waals surface area contributed by atoms with Crippen molar-refractivity contribution in [1.29, 1.82) is 0 Å². The zero-order valence-electron chi connectivity index (χ0n) is 14.5. The number of halogens is 1. The van der Waals surface area contributed by atoms with Gasteiger partial charge in [0.15, 0.2) is 0 Å². The molecule has 0 atom stereocenters. The summed E-state index contributed by atoms with van der Waals surface area (Å²) in [5.41, 5.74) is 0.995. The standard InChI is InChI=1S/C19H21FN4OS/c20-17-7-3-8-18(22-17)24-12-10-23(11-13-24)9-4-14-25-19-21-15-5-1-2-6-16(15)26-19/h1-3,5-8H,4,9-14H2. The van der Waals surface area contributed by atoms with Crippen molar-refractivity contribution in [2.45, 2.75) is 6.42 Å². The minimum atomic E-state index is -0.420. The Kier molecular flexibility index (Phi) is 5.26. The summed E-state index contributed by atoms with van der Waals surface area (Å²) >= 11 is 1.59. The van der Waals surface area contributed by atoms with Gasteiger partial charge < -0.3 is 9.64 Å². The van der Waals surface area contributed by atoms with E-state index in [1.807, 2.05) is 24.3 Å². The molecule has 2 aromatic heterocycles. The van der Waals surface area contributed by atoms with Gasteiger partial charge in [0, 0.05) is 32.7 Å². The van der Waals surface area contributed by atoms with Crippen LogP contribution in [0.4, 0.5) is 10.2 Å². The van der Waals surface area contributed by atoms with Gasteiger partial charge in [-0.05, 0) is 30.7 Å². The number of benzene rings is 1. The minimum Gasteiger partial charge on any atom is -0.470 e. The molecule has 5 nitrogen and oxygen atoms in total. The van der Waals surface area contributed by atoms with E-state index in [2.05, 4.69) is 25.8 Å². The molecule has 0 N–H and O–H groups in total. The molecular weight excluding hydrogens is 351 g/mol. The number of thiazole rings is 1. The van der Waals surface area contributed by atoms with Gasteiger partial charge >= 0.3 is 0 Å². The van der Waals surface area contributed by atoms with E-state index >= 15 is 0 Å². The summed E-state index contributed by atoms with van der Waals surface area (Å²) in [5.74, 6) is 0.306. The van der Waals surface area contributed by atoms with Crippen LogP contribution in [0.15, 0.2) is 42.5 Å². The summed E-state index contributed by atoms with van der Waals surface area (Å²) in [6.07, 6.45) is 0.966. The molecule has 0 radical (unpaired) electrons. The van der Waals surface area contributed by atoms with Gasteiger partial charge in [0.25, 0.3) is 5.19 Å². The minimum absolute atomic E-state index is 0.420. The molecule has 26 heavy (non-hydrogen) atoms. The lowest BCUT2D eigenvalue weighted by atomic mass is 10.3. The van der Waals surface area contributed by atoms with E-state index in [0.717, 1.165) is 60.4 Å². The number of hydrogen-bond acceptors (Lipinski definition) is 6. The highest BCUT2D eigenvalue weighted by Gasteiger charge is 2.18. The second-order valence-electron chi connectivity index (χ2n) is 6.30. The van der Waals surface area contributed by atoms with Crippen molar-refractivity contribution in [1.82, 2.24) is 14.9 Å². The number of fused-ring (bicyclic) bond motifs is 1. The summed E-state index contributed by atoms with van der Waals surface area (Å²) in [6, 6.07) is 13.0. The predicted molar refractivity (Wildman–Crippen MR) is 103 cm³/mol. The average Bonchev–Trinajstić information content (AvgIpc) is 3.09. The largest absolute Gasteiger partial charge is 0.470 e. The van der Waals surface area contributed by atoms with Crippen molar-refractivity contribution in [3.8, 4) is 5.19 Å². The molecule has 3 aromatic rings. The zero-order chi connectivity index (χ0) is 17.8. The highest BCUT2D eigenvalue weighted by Crippen LogP contribution is 2.27. The molecule has 1 aliphatic rings. The topological polar surface area (TPSA) is 41.5 Å². The van der Waals surface area contributed by atoms with Crippen molar-refractivity contribution in [2.24, 2.45) is 0 Å². The highest BCUT2D eigenvalue weighted by molar-refractivity contribution is 7.20. The number of pyridine rings is 1. The first-order valence-corrected chi connectivity index (χ1v) is 9.68. The Labute approximate surface area is 156 Å². The molecule has 0 aliphatic carbocycles. The van der Waals surface area contributed by atoms with Crippen LogP contribution in [-0.4, -0.2) is 54.2 Å². The lowest BCUT2D eigenvalue weighted by Crippen LogP contribution is -2.47. The molecule has 7 heteroatoms. The van der Waals surface area contributed by atoms with Gasteiger partial charge in [0.2, 0.25) is 5.95 Å². The lowest BCUT2D eigenvalue weighted by Gasteiger charge is -2.35. The van der Waals surface area contributed by atoms with Crippen molar-refractivity contribution < 1.29 is 9.13 Å². The zero-order valence-corrected chi connectivity index (χ0v) is 15.3. The Morgan fingerprint density at radius 2 is 1.85 bits per heavy atom. The molecule has 4 rings (SSSR count). The molecule has 1 aliphatic heterocycles. The Morgan fingerprint density at radius 3 is 2.65 bits per heavy atom. The Balaban J connectivity index is 1.19. The van der Waals surface area contributed by atoms with Gasteiger partial charge in [-0.25, -0.2) is 9.97 Å². The average molecular weight is 372 g/mol. The van der Waals surface area contributed by atoms with Crippen molar-refractivity contribution in [2.75, 3.05) is 44.2 Å². The van der Waals surface area contributed by atoms with Gasteiger partial charge in [0.05, 0.1) is 16.8 Å². The van der Waals surface area contributed by atoms with Gasteiger partial charge in [-0.15, -0.1) is 0 Å². The monoisotopic (exact) mass is 372 g/mol. The van der Waals surface area contributed by atoms with E-state index < -0.39 is 5.95 Å². The van der Waals surface area contributed by atoms with Crippen molar-refractivity contribution in [3.05, 3.63) is 48.4 Å². The Hall–Kier alpha value is -2.25. The number of para-hydroxylation sites is 1. The fraction of sp³-hybridized carbons (Fsp3) is 0.368. The summed E-state index contributed by atoms with van der Waals surface area (Å²) < 4.78 is 20.2. The molecule has 0 bridgehead atoms. The number of anilines is 1. The molecule has 0 saturated carbocycles. The van der Waals surface area contributed by atoms with Gasteiger partial charge in [0.1, 0.15) is 5.82 Å². The van der Waals surface area contributed by atoms with Gasteiger partial charge in [-0.2, -0.15) is 4.39 Å². The fourth-order valence-electron chi connectivity index (χ4n) is 3.13. The third-order valence-corrected chi connectivity index (χ3v) is 5.46. The molecule has 0 unspecified atom stereocenters. The maximum absolute atomic E-state index is 13.2. The summed E-state index contributed by atoms with van der Waals surface area (Å²) in [5, 5.41) is 0.744. The number of aromatic nitrogens is 2. The van der Waals surface area contributed by atoms with E-state index in [9.17, 15) is 4.39 Å². The van der Waals surface area contributed by atoms with Crippen molar-refractivity contribution in [3.63, 3.8) is 0 Å². The predicted octanol–water partition coefficient (Wildman–Crippen LogP) is 3.42. The van der Waals surface area contributed by atoms with E-state index in [1.54, 1.807) is 17.4 Å². The SMILES string of the molecule is Fc1cccc(N2CCN(CCCOc3nc4ccccc4s3)CC2)n1. The van der Waals surface area contributed by atoms with Crippen LogP contribution in [0.5, 0.6) is 5.19 Å². The van der Waals surface area contributed by atoms with E-state index in [1.165, 1.54) is 6.07 Å². The second-order valence-corrected chi connectivity index (χ2v) is 7.29.